The van der Waals surface area contributed by atoms with E-state index in [2.05, 4.69) is 6.92 Å². The maximum absolute atomic E-state index is 5.67. The maximum atomic E-state index is 5.67. The van der Waals surface area contributed by atoms with Crippen LogP contribution in [0.4, 0.5) is 0 Å². The molecule has 0 nitrogen and oxygen atoms in total. The second-order valence-corrected chi connectivity index (χ2v) is 2.58. The van der Waals surface area contributed by atoms with Crippen molar-refractivity contribution in [2.75, 3.05) is 0 Å². The van der Waals surface area contributed by atoms with Gasteiger partial charge in [-0.15, -0.1) is 12.4 Å². The maximum Gasteiger partial charge on any atom is 0.0178 e. The van der Waals surface area contributed by atoms with Crippen LogP contribution in [0, 0.1) is 6.92 Å². The van der Waals surface area contributed by atoms with Gasteiger partial charge in [0.25, 0.3) is 0 Å². The first-order valence-corrected chi connectivity index (χ1v) is 3.23. The molecule has 0 aromatic heterocycles. The van der Waals surface area contributed by atoms with E-state index in [1.165, 1.54) is 0 Å². The summed E-state index contributed by atoms with van der Waals surface area (Å²) in [6.45, 7) is 3.67. The van der Waals surface area contributed by atoms with Gasteiger partial charge in [-0.3, -0.25) is 0 Å². The molecule has 0 fully saturated rings. The topological polar surface area (TPSA) is 0 Å². The Bertz CT molecular complexity index is 225. The van der Waals surface area contributed by atoms with E-state index in [0.29, 0.717) is 10.0 Å². The molecule has 0 unspecified atom stereocenters. The number of halogens is 3. The molecule has 1 aromatic carbocycles. The van der Waals surface area contributed by atoms with Gasteiger partial charge in [0, 0.05) is 24.5 Å². The van der Waals surface area contributed by atoms with Crippen LogP contribution in [0.5, 0.6) is 0 Å². The first-order chi connectivity index (χ1) is 4.20. The summed E-state index contributed by atoms with van der Waals surface area (Å²) in [7, 11) is 0. The SMILES string of the molecule is Cl.[CH2-]c1ccc(Cl)cc1Cl.[Zn]. The molecule has 0 amide bonds. The van der Waals surface area contributed by atoms with Crippen LogP contribution < -0.4 is 0 Å². The second kappa shape index (κ2) is 6.14. The molecule has 0 N–H and O–H groups in total. The summed E-state index contributed by atoms with van der Waals surface area (Å²) in [5, 5.41) is 1.26. The van der Waals surface area contributed by atoms with Crippen LogP contribution in [-0.2, 0) is 19.5 Å². The molecule has 0 heterocycles. The average Bonchev–Trinajstić information content (AvgIpc) is 1.80. The van der Waals surface area contributed by atoms with Crippen molar-refractivity contribution < 1.29 is 19.5 Å². The predicted octanol–water partition coefficient (Wildman–Crippen LogP) is 3.59. The van der Waals surface area contributed by atoms with Gasteiger partial charge in [0.2, 0.25) is 0 Å². The van der Waals surface area contributed by atoms with Crippen LogP contribution in [0.2, 0.25) is 10.0 Å². The van der Waals surface area contributed by atoms with E-state index in [4.69, 9.17) is 23.2 Å². The predicted molar refractivity (Wildman–Crippen MR) is 48.2 cm³/mol. The Labute approximate surface area is 95.4 Å². The van der Waals surface area contributed by atoms with Crippen molar-refractivity contribution in [2.45, 2.75) is 0 Å². The number of hydrogen-bond donors (Lipinski definition) is 0. The van der Waals surface area contributed by atoms with Gasteiger partial charge < -0.3 is 0 Å². The molecule has 0 aliphatic rings. The molecule has 0 spiro atoms. The van der Waals surface area contributed by atoms with Crippen LogP contribution >= 0.6 is 35.6 Å². The zero-order valence-corrected chi connectivity index (χ0v) is 11.1. The second-order valence-electron chi connectivity index (χ2n) is 1.74. The minimum Gasteiger partial charge on any atom is -0.197 e. The fraction of sp³-hybridized carbons (Fsp3) is 0. The van der Waals surface area contributed by atoms with E-state index < -0.39 is 0 Å². The zero-order chi connectivity index (χ0) is 6.85. The smallest absolute Gasteiger partial charge is 0.0178 e. The molecule has 1 rings (SSSR count). The molecule has 11 heavy (non-hydrogen) atoms. The summed E-state index contributed by atoms with van der Waals surface area (Å²) in [6.07, 6.45) is 0. The Morgan fingerprint density at radius 3 is 2.09 bits per heavy atom. The van der Waals surface area contributed by atoms with Gasteiger partial charge in [-0.1, -0.05) is 28.8 Å². The molecule has 0 atom stereocenters. The Kier molecular flexibility index (Phi) is 7.88. The third-order valence-electron chi connectivity index (χ3n) is 1.02. The van der Waals surface area contributed by atoms with Crippen LogP contribution in [0.25, 0.3) is 0 Å². The van der Waals surface area contributed by atoms with Gasteiger partial charge in [-0.25, -0.2) is 0 Å². The van der Waals surface area contributed by atoms with Crippen molar-refractivity contribution >= 4 is 35.6 Å². The quantitative estimate of drug-likeness (QED) is 0.495. The molecule has 58 valence electrons. The van der Waals surface area contributed by atoms with E-state index in [9.17, 15) is 0 Å². The van der Waals surface area contributed by atoms with E-state index in [1.807, 2.05) is 0 Å². The van der Waals surface area contributed by atoms with Crippen molar-refractivity contribution in [1.29, 1.82) is 0 Å². The summed E-state index contributed by atoms with van der Waals surface area (Å²) in [5.74, 6) is 0. The van der Waals surface area contributed by atoms with E-state index in [-0.39, 0.29) is 31.9 Å². The molecular weight excluding hydrogens is 256 g/mol. The summed E-state index contributed by atoms with van der Waals surface area (Å²) in [6, 6.07) is 5.21. The standard InChI is InChI=1S/C7H5Cl2.ClH.Zn/c1-5-2-3-6(8)4-7(5)9;;/h2-4H,1H2;1H;/q-1;;. The van der Waals surface area contributed by atoms with Gasteiger partial charge in [-0.2, -0.15) is 30.2 Å². The largest absolute Gasteiger partial charge is 0.197 e. The Balaban J connectivity index is 0. The first kappa shape index (κ1) is 14.1. The van der Waals surface area contributed by atoms with Crippen molar-refractivity contribution in [3.8, 4) is 0 Å². The molecule has 0 radical (unpaired) electrons. The first-order valence-electron chi connectivity index (χ1n) is 2.47. The third-order valence-corrected chi connectivity index (χ3v) is 1.60. The zero-order valence-electron chi connectivity index (χ0n) is 5.81. The fourth-order valence-electron chi connectivity index (χ4n) is 0.522. The molecule has 0 saturated carbocycles. The van der Waals surface area contributed by atoms with Crippen LogP contribution in [0.15, 0.2) is 18.2 Å². The van der Waals surface area contributed by atoms with Gasteiger partial charge >= 0.3 is 0 Å². The molecular formula is C7H6Cl3Zn-. The summed E-state index contributed by atoms with van der Waals surface area (Å²) >= 11 is 11.3. The minimum atomic E-state index is 0. The van der Waals surface area contributed by atoms with Crippen LogP contribution in [0.3, 0.4) is 0 Å². The molecule has 0 saturated heterocycles. The van der Waals surface area contributed by atoms with Crippen LogP contribution in [-0.4, -0.2) is 0 Å². The minimum absolute atomic E-state index is 0. The van der Waals surface area contributed by atoms with Gasteiger partial charge in [0.15, 0.2) is 0 Å². The molecule has 0 aliphatic heterocycles. The number of benzene rings is 1. The van der Waals surface area contributed by atoms with Crippen molar-refractivity contribution in [3.05, 3.63) is 40.7 Å². The Hall–Kier alpha value is 0.583. The van der Waals surface area contributed by atoms with Gasteiger partial charge in [0.05, 0.1) is 0 Å². The average molecular weight is 262 g/mol. The van der Waals surface area contributed by atoms with E-state index >= 15 is 0 Å². The third kappa shape index (κ3) is 4.23. The van der Waals surface area contributed by atoms with Crippen molar-refractivity contribution in [2.24, 2.45) is 0 Å². The number of hydrogen-bond acceptors (Lipinski definition) is 0. The van der Waals surface area contributed by atoms with Gasteiger partial charge in [-0.05, 0) is 0 Å². The van der Waals surface area contributed by atoms with Crippen molar-refractivity contribution in [1.82, 2.24) is 0 Å². The normalized spacial score (nSPS) is 7.82. The fourth-order valence-corrected chi connectivity index (χ4v) is 0.930. The van der Waals surface area contributed by atoms with E-state index in [1.54, 1.807) is 18.2 Å². The van der Waals surface area contributed by atoms with Gasteiger partial charge in [0.1, 0.15) is 0 Å². The summed E-state index contributed by atoms with van der Waals surface area (Å²) in [5.41, 5.74) is 0.807. The van der Waals surface area contributed by atoms with Crippen molar-refractivity contribution in [3.63, 3.8) is 0 Å². The molecule has 0 aliphatic carbocycles. The molecule has 4 heteroatoms. The number of rotatable bonds is 0. The Morgan fingerprint density at radius 2 is 1.73 bits per heavy atom. The Morgan fingerprint density at radius 1 is 1.18 bits per heavy atom. The monoisotopic (exact) mass is 259 g/mol. The molecule has 0 bridgehead atoms. The van der Waals surface area contributed by atoms with Crippen LogP contribution in [0.1, 0.15) is 5.56 Å². The summed E-state index contributed by atoms with van der Waals surface area (Å²) in [4.78, 5) is 0. The molecule has 1 aromatic rings. The summed E-state index contributed by atoms with van der Waals surface area (Å²) < 4.78 is 0. The van der Waals surface area contributed by atoms with E-state index in [0.717, 1.165) is 5.56 Å².